The Hall–Kier alpha value is -2.25. The molecule has 1 aromatic rings. The van der Waals surface area contributed by atoms with E-state index in [4.69, 9.17) is 4.74 Å². The van der Waals surface area contributed by atoms with E-state index in [2.05, 4.69) is 24.2 Å². The van der Waals surface area contributed by atoms with Gasteiger partial charge in [-0.05, 0) is 13.8 Å². The summed E-state index contributed by atoms with van der Waals surface area (Å²) in [5, 5.41) is 0. The van der Waals surface area contributed by atoms with Gasteiger partial charge < -0.3 is 23.9 Å². The van der Waals surface area contributed by atoms with E-state index in [1.165, 1.54) is 6.33 Å². The number of hydrogen-bond donors (Lipinski definition) is 1. The maximum absolute atomic E-state index is 11.0. The summed E-state index contributed by atoms with van der Waals surface area (Å²) in [5.74, 6) is -0.326. The molecule has 1 rings (SSSR count). The SMILES string of the molecule is CCOC(=O)Oc1nc[nH]c1OC(=O)OCC. The van der Waals surface area contributed by atoms with Crippen LogP contribution >= 0.6 is 0 Å². The third-order valence-electron chi connectivity index (χ3n) is 1.46. The lowest BCUT2D eigenvalue weighted by atomic mass is 10.7. The van der Waals surface area contributed by atoms with Crippen LogP contribution < -0.4 is 9.47 Å². The van der Waals surface area contributed by atoms with Gasteiger partial charge >= 0.3 is 12.3 Å². The number of H-pyrrole nitrogens is 1. The predicted octanol–water partition coefficient (Wildman–Crippen LogP) is 1.48. The van der Waals surface area contributed by atoms with Gasteiger partial charge in [0.25, 0.3) is 11.8 Å². The van der Waals surface area contributed by atoms with Crippen LogP contribution in [0.25, 0.3) is 0 Å². The summed E-state index contributed by atoms with van der Waals surface area (Å²) in [4.78, 5) is 28.1. The molecule has 0 aromatic carbocycles. The number of aromatic nitrogens is 2. The van der Waals surface area contributed by atoms with Crippen LogP contribution in [0.1, 0.15) is 13.8 Å². The highest BCUT2D eigenvalue weighted by atomic mass is 16.7. The van der Waals surface area contributed by atoms with E-state index in [1.807, 2.05) is 0 Å². The third-order valence-corrected chi connectivity index (χ3v) is 1.46. The largest absolute Gasteiger partial charge is 0.515 e. The second-order valence-electron chi connectivity index (χ2n) is 2.61. The zero-order valence-electron chi connectivity index (χ0n) is 9.39. The van der Waals surface area contributed by atoms with Crippen LogP contribution in [0.15, 0.2) is 6.33 Å². The average Bonchev–Trinajstić information content (AvgIpc) is 2.66. The lowest BCUT2D eigenvalue weighted by molar-refractivity contribution is 0.0920. The molecule has 0 amide bonds. The molecule has 8 heteroatoms. The van der Waals surface area contributed by atoms with E-state index in [1.54, 1.807) is 13.8 Å². The number of nitrogens with one attached hydrogen (secondary N) is 1. The van der Waals surface area contributed by atoms with Gasteiger partial charge in [0.2, 0.25) is 0 Å². The molecular weight excluding hydrogens is 232 g/mol. The first-order chi connectivity index (χ1) is 8.17. The molecule has 0 fully saturated rings. The number of rotatable bonds is 4. The van der Waals surface area contributed by atoms with Crippen LogP contribution in [-0.2, 0) is 9.47 Å². The summed E-state index contributed by atoms with van der Waals surface area (Å²) in [6, 6.07) is 0. The van der Waals surface area contributed by atoms with Gasteiger partial charge in [-0.2, -0.15) is 4.98 Å². The standard InChI is InChI=1S/C9H12N2O6/c1-3-14-8(12)16-6-7(11-5-10-6)17-9(13)15-4-2/h5H,3-4H2,1-2H3,(H,10,11). The molecule has 0 bridgehead atoms. The number of hydrogen-bond acceptors (Lipinski definition) is 7. The summed E-state index contributed by atoms with van der Waals surface area (Å²) in [7, 11) is 0. The molecule has 17 heavy (non-hydrogen) atoms. The van der Waals surface area contributed by atoms with Crippen molar-refractivity contribution in [3.05, 3.63) is 6.33 Å². The molecule has 0 aliphatic rings. The maximum Gasteiger partial charge on any atom is 0.515 e. The van der Waals surface area contributed by atoms with Gasteiger partial charge in [-0.3, -0.25) is 0 Å². The molecule has 0 aliphatic heterocycles. The summed E-state index contributed by atoms with van der Waals surface area (Å²) >= 11 is 0. The molecule has 0 spiro atoms. The van der Waals surface area contributed by atoms with Gasteiger partial charge in [-0.1, -0.05) is 0 Å². The van der Waals surface area contributed by atoms with E-state index in [-0.39, 0.29) is 25.0 Å². The minimum Gasteiger partial charge on any atom is -0.434 e. The fourth-order valence-corrected chi connectivity index (χ4v) is 0.873. The van der Waals surface area contributed by atoms with Crippen molar-refractivity contribution in [2.45, 2.75) is 13.8 Å². The van der Waals surface area contributed by atoms with E-state index < -0.39 is 12.3 Å². The van der Waals surface area contributed by atoms with Gasteiger partial charge in [0.15, 0.2) is 0 Å². The minimum absolute atomic E-state index is 0.128. The van der Waals surface area contributed by atoms with E-state index in [0.29, 0.717) is 0 Å². The Morgan fingerprint density at radius 2 is 1.76 bits per heavy atom. The van der Waals surface area contributed by atoms with Crippen molar-refractivity contribution >= 4 is 12.3 Å². The zero-order chi connectivity index (χ0) is 12.7. The number of aromatic amines is 1. The number of carbonyl (C=O) groups excluding carboxylic acids is 2. The maximum atomic E-state index is 11.0. The molecule has 1 aromatic heterocycles. The Labute approximate surface area is 96.8 Å². The molecule has 94 valence electrons. The smallest absolute Gasteiger partial charge is 0.434 e. The first-order valence-electron chi connectivity index (χ1n) is 4.90. The van der Waals surface area contributed by atoms with E-state index in [0.717, 1.165) is 0 Å². The molecule has 1 heterocycles. The molecule has 0 unspecified atom stereocenters. The Bertz CT molecular complexity index is 354. The highest BCUT2D eigenvalue weighted by Crippen LogP contribution is 2.22. The average molecular weight is 244 g/mol. The first kappa shape index (κ1) is 12.8. The summed E-state index contributed by atoms with van der Waals surface area (Å²) in [6.07, 6.45) is -0.665. The van der Waals surface area contributed by atoms with Crippen molar-refractivity contribution in [3.63, 3.8) is 0 Å². The van der Waals surface area contributed by atoms with Gasteiger partial charge in [-0.15, -0.1) is 0 Å². The van der Waals surface area contributed by atoms with Crippen molar-refractivity contribution in [1.82, 2.24) is 9.97 Å². The molecule has 0 saturated carbocycles. The Morgan fingerprint density at radius 3 is 2.35 bits per heavy atom. The summed E-state index contributed by atoms with van der Waals surface area (Å²) in [5.41, 5.74) is 0. The van der Waals surface area contributed by atoms with E-state index >= 15 is 0 Å². The van der Waals surface area contributed by atoms with Crippen molar-refractivity contribution < 1.29 is 28.5 Å². The van der Waals surface area contributed by atoms with Crippen LogP contribution in [0.5, 0.6) is 11.8 Å². The number of nitrogens with zero attached hydrogens (tertiary/aromatic N) is 1. The van der Waals surface area contributed by atoms with Crippen LogP contribution in [-0.4, -0.2) is 35.5 Å². The molecular formula is C9H12N2O6. The van der Waals surface area contributed by atoms with Gasteiger partial charge in [0.05, 0.1) is 19.5 Å². The molecule has 0 radical (unpaired) electrons. The molecule has 0 atom stereocenters. The number of ether oxygens (including phenoxy) is 4. The summed E-state index contributed by atoms with van der Waals surface area (Å²) < 4.78 is 18.4. The topological polar surface area (TPSA) is 99.7 Å². The normalized spacial score (nSPS) is 9.53. The molecule has 0 aliphatic carbocycles. The molecule has 1 N–H and O–H groups in total. The Kier molecular flexibility index (Phi) is 4.79. The highest BCUT2D eigenvalue weighted by molar-refractivity contribution is 5.66. The second-order valence-corrected chi connectivity index (χ2v) is 2.61. The van der Waals surface area contributed by atoms with Gasteiger partial charge in [-0.25, -0.2) is 9.59 Å². The molecule has 8 nitrogen and oxygen atoms in total. The van der Waals surface area contributed by atoms with Crippen LogP contribution in [0, 0.1) is 0 Å². The van der Waals surface area contributed by atoms with Crippen molar-refractivity contribution in [3.8, 4) is 11.8 Å². The number of carbonyl (C=O) groups is 2. The van der Waals surface area contributed by atoms with Crippen molar-refractivity contribution in [2.75, 3.05) is 13.2 Å². The monoisotopic (exact) mass is 244 g/mol. The van der Waals surface area contributed by atoms with Crippen LogP contribution in [0.4, 0.5) is 9.59 Å². The fourth-order valence-electron chi connectivity index (χ4n) is 0.873. The van der Waals surface area contributed by atoms with E-state index in [9.17, 15) is 9.59 Å². The minimum atomic E-state index is -0.937. The van der Waals surface area contributed by atoms with Crippen molar-refractivity contribution in [1.29, 1.82) is 0 Å². The van der Waals surface area contributed by atoms with Crippen LogP contribution in [0.2, 0.25) is 0 Å². The van der Waals surface area contributed by atoms with Crippen molar-refractivity contribution in [2.24, 2.45) is 0 Å². The van der Waals surface area contributed by atoms with Crippen LogP contribution in [0.3, 0.4) is 0 Å². The quantitative estimate of drug-likeness (QED) is 0.800. The number of imidazole rings is 1. The Balaban J connectivity index is 2.59. The zero-order valence-corrected chi connectivity index (χ0v) is 9.39. The fraction of sp³-hybridized carbons (Fsp3) is 0.444. The second kappa shape index (κ2) is 6.36. The lowest BCUT2D eigenvalue weighted by Gasteiger charge is -2.04. The van der Waals surface area contributed by atoms with Gasteiger partial charge in [0, 0.05) is 0 Å². The summed E-state index contributed by atoms with van der Waals surface area (Å²) in [6.45, 7) is 3.59. The highest BCUT2D eigenvalue weighted by Gasteiger charge is 2.17. The lowest BCUT2D eigenvalue weighted by Crippen LogP contribution is -2.14. The third kappa shape index (κ3) is 4.01. The first-order valence-corrected chi connectivity index (χ1v) is 4.90. The molecule has 0 saturated heterocycles. The predicted molar refractivity (Wildman–Crippen MR) is 53.9 cm³/mol. The Morgan fingerprint density at radius 1 is 1.18 bits per heavy atom. The van der Waals surface area contributed by atoms with Gasteiger partial charge in [0.1, 0.15) is 0 Å².